The van der Waals surface area contributed by atoms with Crippen LogP contribution in [0.3, 0.4) is 0 Å². The number of fused-ring (bicyclic) bond motifs is 1. The van der Waals surface area contributed by atoms with E-state index in [1.54, 1.807) is 23.6 Å². The number of aryl methyl sites for hydroxylation is 2. The summed E-state index contributed by atoms with van der Waals surface area (Å²) in [5, 5.41) is 0. The molecule has 29 heavy (non-hydrogen) atoms. The number of piperazine rings is 1. The molecular formula is C22H23FN4O2. The van der Waals surface area contributed by atoms with Crippen LogP contribution in [0.1, 0.15) is 12.1 Å². The monoisotopic (exact) mass is 394 g/mol. The van der Waals surface area contributed by atoms with E-state index in [0.29, 0.717) is 38.4 Å². The van der Waals surface area contributed by atoms with Gasteiger partial charge < -0.3 is 14.4 Å². The number of carbonyl (C=O) groups excluding carboxylic acids is 1. The Morgan fingerprint density at radius 2 is 1.72 bits per heavy atom. The van der Waals surface area contributed by atoms with Gasteiger partial charge in [0.1, 0.15) is 11.5 Å². The minimum atomic E-state index is -0.253. The Labute approximate surface area is 168 Å². The summed E-state index contributed by atoms with van der Waals surface area (Å²) in [5.74, 6) is -0.217. The van der Waals surface area contributed by atoms with Crippen LogP contribution < -0.4 is 10.5 Å². The van der Waals surface area contributed by atoms with Crippen molar-refractivity contribution < 1.29 is 9.18 Å². The number of hydrogen-bond acceptors (Lipinski definition) is 4. The van der Waals surface area contributed by atoms with Gasteiger partial charge in [0.2, 0.25) is 5.91 Å². The molecule has 0 spiro atoms. The van der Waals surface area contributed by atoms with Crippen molar-refractivity contribution in [2.45, 2.75) is 19.9 Å². The van der Waals surface area contributed by atoms with Crippen molar-refractivity contribution in [2.75, 3.05) is 31.1 Å². The van der Waals surface area contributed by atoms with Gasteiger partial charge in [-0.1, -0.05) is 12.1 Å². The van der Waals surface area contributed by atoms with Crippen molar-refractivity contribution in [2.24, 2.45) is 0 Å². The molecule has 1 aromatic heterocycles. The second-order valence-corrected chi connectivity index (χ2v) is 7.24. The van der Waals surface area contributed by atoms with Gasteiger partial charge >= 0.3 is 0 Å². The predicted octanol–water partition coefficient (Wildman–Crippen LogP) is 2.58. The molecule has 1 fully saturated rings. The number of para-hydroxylation sites is 2. The average Bonchev–Trinajstić information content (AvgIpc) is 2.74. The molecule has 3 aromatic rings. The van der Waals surface area contributed by atoms with Crippen LogP contribution in [0.5, 0.6) is 0 Å². The number of carbonyl (C=O) groups is 1. The van der Waals surface area contributed by atoms with E-state index in [9.17, 15) is 14.0 Å². The normalized spacial score (nSPS) is 14.4. The summed E-state index contributed by atoms with van der Waals surface area (Å²) in [6.07, 6.45) is 0.268. The summed E-state index contributed by atoms with van der Waals surface area (Å²) in [5.41, 5.74) is 2.74. The van der Waals surface area contributed by atoms with Crippen LogP contribution in [0, 0.1) is 12.7 Å². The lowest BCUT2D eigenvalue weighted by Gasteiger charge is -2.36. The Balaban J connectivity index is 1.40. The Kier molecular flexibility index (Phi) is 5.29. The van der Waals surface area contributed by atoms with E-state index in [1.807, 2.05) is 29.2 Å². The third-order valence-corrected chi connectivity index (χ3v) is 5.39. The van der Waals surface area contributed by atoms with Crippen LogP contribution in [0.25, 0.3) is 11.0 Å². The zero-order chi connectivity index (χ0) is 20.4. The summed E-state index contributed by atoms with van der Waals surface area (Å²) in [4.78, 5) is 33.6. The van der Waals surface area contributed by atoms with Crippen molar-refractivity contribution >= 4 is 22.6 Å². The molecule has 2 aromatic carbocycles. The van der Waals surface area contributed by atoms with Gasteiger partial charge in [-0.15, -0.1) is 0 Å². The van der Waals surface area contributed by atoms with Crippen molar-refractivity contribution in [3.05, 3.63) is 70.4 Å². The highest BCUT2D eigenvalue weighted by Crippen LogP contribution is 2.17. The molecule has 150 valence electrons. The first-order valence-corrected chi connectivity index (χ1v) is 9.77. The second-order valence-electron chi connectivity index (χ2n) is 7.24. The molecule has 0 bridgehead atoms. The van der Waals surface area contributed by atoms with Crippen molar-refractivity contribution in [1.82, 2.24) is 14.5 Å². The summed E-state index contributed by atoms with van der Waals surface area (Å²) in [6.45, 7) is 4.66. The van der Waals surface area contributed by atoms with Crippen LogP contribution in [0.2, 0.25) is 0 Å². The third-order valence-electron chi connectivity index (χ3n) is 5.39. The molecule has 1 aliphatic heterocycles. The van der Waals surface area contributed by atoms with Crippen LogP contribution in [-0.2, 0) is 11.3 Å². The largest absolute Gasteiger partial charge is 0.368 e. The molecule has 4 rings (SSSR count). The first kappa shape index (κ1) is 19.1. The Hall–Kier alpha value is -3.22. The summed E-state index contributed by atoms with van der Waals surface area (Å²) < 4.78 is 14.7. The average molecular weight is 394 g/mol. The maximum atomic E-state index is 13.1. The number of amides is 1. The fourth-order valence-corrected chi connectivity index (χ4v) is 3.77. The molecule has 1 aliphatic rings. The molecule has 0 atom stereocenters. The molecule has 0 unspecified atom stereocenters. The van der Waals surface area contributed by atoms with Gasteiger partial charge in [-0.05, 0) is 43.3 Å². The third kappa shape index (κ3) is 3.99. The number of anilines is 1. The lowest BCUT2D eigenvalue weighted by Crippen LogP contribution is -2.49. The standard InChI is InChI=1S/C22H23FN4O2/c1-16-22(29)27(20-5-3-2-4-19(20)24-16)11-10-21(28)26-14-12-25(13-15-26)18-8-6-17(23)7-9-18/h2-9H,10-15H2,1H3. The van der Waals surface area contributed by atoms with Crippen molar-refractivity contribution in [3.63, 3.8) is 0 Å². The van der Waals surface area contributed by atoms with Gasteiger partial charge in [-0.3, -0.25) is 9.59 Å². The summed E-state index contributed by atoms with van der Waals surface area (Å²) >= 11 is 0. The number of nitrogens with zero attached hydrogens (tertiary/aromatic N) is 4. The Morgan fingerprint density at radius 3 is 2.45 bits per heavy atom. The van der Waals surface area contributed by atoms with Gasteiger partial charge in [0.15, 0.2) is 0 Å². The Morgan fingerprint density at radius 1 is 1.03 bits per heavy atom. The van der Waals surface area contributed by atoms with E-state index in [1.165, 1.54) is 12.1 Å². The smallest absolute Gasteiger partial charge is 0.272 e. The highest BCUT2D eigenvalue weighted by molar-refractivity contribution is 5.77. The van der Waals surface area contributed by atoms with Gasteiger partial charge in [0.25, 0.3) is 5.56 Å². The molecule has 0 N–H and O–H groups in total. The minimum absolute atomic E-state index is 0.0363. The van der Waals surface area contributed by atoms with Gasteiger partial charge in [0, 0.05) is 44.8 Å². The molecule has 1 saturated heterocycles. The molecule has 2 heterocycles. The number of hydrogen-bond donors (Lipinski definition) is 0. The fraction of sp³-hybridized carbons (Fsp3) is 0.318. The van der Waals surface area contributed by atoms with Crippen molar-refractivity contribution in [3.8, 4) is 0 Å². The zero-order valence-electron chi connectivity index (χ0n) is 16.3. The molecule has 7 heteroatoms. The van der Waals surface area contributed by atoms with E-state index < -0.39 is 0 Å². The number of aromatic nitrogens is 2. The quantitative estimate of drug-likeness (QED) is 0.683. The van der Waals surface area contributed by atoms with Crippen LogP contribution in [0.15, 0.2) is 53.3 Å². The number of benzene rings is 2. The first-order chi connectivity index (χ1) is 14.0. The summed E-state index contributed by atoms with van der Waals surface area (Å²) in [7, 11) is 0. The van der Waals surface area contributed by atoms with Gasteiger partial charge in [-0.2, -0.15) is 0 Å². The maximum Gasteiger partial charge on any atom is 0.272 e. The first-order valence-electron chi connectivity index (χ1n) is 9.77. The fourth-order valence-electron chi connectivity index (χ4n) is 3.77. The van der Waals surface area contributed by atoms with Gasteiger partial charge in [-0.25, -0.2) is 9.37 Å². The second kappa shape index (κ2) is 8.03. The van der Waals surface area contributed by atoms with Crippen LogP contribution in [0.4, 0.5) is 10.1 Å². The Bertz CT molecular complexity index is 1090. The topological polar surface area (TPSA) is 58.4 Å². The zero-order valence-corrected chi connectivity index (χ0v) is 16.3. The van der Waals surface area contributed by atoms with E-state index in [0.717, 1.165) is 16.7 Å². The van der Waals surface area contributed by atoms with Crippen LogP contribution >= 0.6 is 0 Å². The number of rotatable bonds is 4. The molecule has 6 nitrogen and oxygen atoms in total. The SMILES string of the molecule is Cc1nc2ccccc2n(CCC(=O)N2CCN(c3ccc(F)cc3)CC2)c1=O. The lowest BCUT2D eigenvalue weighted by molar-refractivity contribution is -0.131. The summed E-state index contributed by atoms with van der Waals surface area (Å²) in [6, 6.07) is 13.9. The molecule has 0 saturated carbocycles. The maximum absolute atomic E-state index is 13.1. The molecule has 0 aliphatic carbocycles. The van der Waals surface area contributed by atoms with Crippen LogP contribution in [-0.4, -0.2) is 46.5 Å². The molecular weight excluding hydrogens is 371 g/mol. The highest BCUT2D eigenvalue weighted by Gasteiger charge is 2.21. The van der Waals surface area contributed by atoms with E-state index >= 15 is 0 Å². The minimum Gasteiger partial charge on any atom is -0.368 e. The molecule has 0 radical (unpaired) electrons. The highest BCUT2D eigenvalue weighted by atomic mass is 19.1. The van der Waals surface area contributed by atoms with E-state index in [4.69, 9.17) is 0 Å². The number of halogens is 1. The van der Waals surface area contributed by atoms with E-state index in [-0.39, 0.29) is 23.7 Å². The van der Waals surface area contributed by atoms with Gasteiger partial charge in [0.05, 0.1) is 11.0 Å². The van der Waals surface area contributed by atoms with E-state index in [2.05, 4.69) is 9.88 Å². The lowest BCUT2D eigenvalue weighted by atomic mass is 10.2. The molecule has 1 amide bonds. The van der Waals surface area contributed by atoms with Crippen molar-refractivity contribution in [1.29, 1.82) is 0 Å². The predicted molar refractivity (Wildman–Crippen MR) is 111 cm³/mol.